The average Bonchev–Trinajstić information content (AvgIpc) is 2.99. The van der Waals surface area contributed by atoms with Crippen LogP contribution in [0.5, 0.6) is 11.5 Å². The lowest BCUT2D eigenvalue weighted by Gasteiger charge is -2.16. The Bertz CT molecular complexity index is 1790. The van der Waals surface area contributed by atoms with Crippen molar-refractivity contribution in [2.75, 3.05) is 24.9 Å². The van der Waals surface area contributed by atoms with E-state index in [1.165, 1.54) is 50.6 Å². The standard InChI is InChI=1S/C28H20N6O8/c1-41-25-9-7-15(33(37)38)11-17(25)27(35)31-23-13-21-22(30-20-6-4-3-5-19(20)29-21)14-24(23)32-28(36)18-12-16(34(39)40)8-10-26(18)42-2/h3-14H,1-2H3,(H,31,35)(H,32,36). The van der Waals surface area contributed by atoms with Crippen LogP contribution in [-0.4, -0.2) is 45.8 Å². The van der Waals surface area contributed by atoms with Crippen molar-refractivity contribution in [3.05, 3.63) is 104 Å². The second-order valence-electron chi connectivity index (χ2n) is 8.79. The fourth-order valence-electron chi connectivity index (χ4n) is 4.23. The van der Waals surface area contributed by atoms with Crippen LogP contribution in [0.4, 0.5) is 22.7 Å². The number of ether oxygens (including phenoxy) is 2. The minimum Gasteiger partial charge on any atom is -0.496 e. The van der Waals surface area contributed by atoms with E-state index < -0.39 is 21.7 Å². The van der Waals surface area contributed by atoms with E-state index in [9.17, 15) is 29.8 Å². The van der Waals surface area contributed by atoms with Gasteiger partial charge in [0.25, 0.3) is 23.2 Å². The Kier molecular flexibility index (Phi) is 7.26. The van der Waals surface area contributed by atoms with E-state index in [0.717, 1.165) is 12.1 Å². The second kappa shape index (κ2) is 11.1. The molecule has 14 nitrogen and oxygen atoms in total. The van der Waals surface area contributed by atoms with Crippen molar-refractivity contribution in [1.82, 2.24) is 9.97 Å². The highest BCUT2D eigenvalue weighted by atomic mass is 16.6. The van der Waals surface area contributed by atoms with Gasteiger partial charge in [0, 0.05) is 24.3 Å². The zero-order valence-corrected chi connectivity index (χ0v) is 22.0. The molecule has 42 heavy (non-hydrogen) atoms. The first kappa shape index (κ1) is 27.4. The van der Waals surface area contributed by atoms with Gasteiger partial charge in [0.1, 0.15) is 11.5 Å². The van der Waals surface area contributed by atoms with Gasteiger partial charge in [-0.05, 0) is 36.4 Å². The number of hydrogen-bond donors (Lipinski definition) is 2. The summed E-state index contributed by atoms with van der Waals surface area (Å²) in [4.78, 5) is 57.3. The van der Waals surface area contributed by atoms with Crippen LogP contribution < -0.4 is 20.1 Å². The van der Waals surface area contributed by atoms with E-state index in [4.69, 9.17) is 9.47 Å². The molecule has 0 unspecified atom stereocenters. The summed E-state index contributed by atoms with van der Waals surface area (Å²) < 4.78 is 10.4. The van der Waals surface area contributed by atoms with Crippen molar-refractivity contribution in [3.63, 3.8) is 0 Å². The molecule has 0 saturated carbocycles. The quantitative estimate of drug-likeness (QED) is 0.144. The minimum absolute atomic E-state index is 0.0726. The van der Waals surface area contributed by atoms with Gasteiger partial charge < -0.3 is 20.1 Å². The topological polar surface area (TPSA) is 189 Å². The number of hydrogen-bond acceptors (Lipinski definition) is 10. The molecule has 5 aromatic rings. The summed E-state index contributed by atoms with van der Waals surface area (Å²) in [5, 5.41) is 28.0. The molecule has 1 aromatic heterocycles. The first-order chi connectivity index (χ1) is 20.2. The fourth-order valence-corrected chi connectivity index (χ4v) is 4.23. The Balaban J connectivity index is 1.62. The number of methoxy groups -OCH3 is 2. The van der Waals surface area contributed by atoms with Crippen LogP contribution in [0.2, 0.25) is 0 Å². The summed E-state index contributed by atoms with van der Waals surface area (Å²) in [5.41, 5.74) is 1.14. The molecule has 1 heterocycles. The number of non-ortho nitro benzene ring substituents is 2. The molecule has 210 valence electrons. The molecule has 0 aliphatic heterocycles. The largest absolute Gasteiger partial charge is 0.496 e. The fraction of sp³-hybridized carbons (Fsp3) is 0.0714. The molecule has 0 aliphatic rings. The molecule has 4 aromatic carbocycles. The number of nitro groups is 2. The van der Waals surface area contributed by atoms with Crippen LogP contribution >= 0.6 is 0 Å². The van der Waals surface area contributed by atoms with E-state index in [1.807, 2.05) is 0 Å². The number of para-hydroxylation sites is 2. The van der Waals surface area contributed by atoms with Crippen LogP contribution in [0, 0.1) is 20.2 Å². The molecule has 2 amide bonds. The van der Waals surface area contributed by atoms with Crippen LogP contribution in [0.1, 0.15) is 20.7 Å². The minimum atomic E-state index is -0.771. The lowest BCUT2D eigenvalue weighted by Crippen LogP contribution is -2.18. The van der Waals surface area contributed by atoms with Crippen LogP contribution in [0.25, 0.3) is 22.1 Å². The smallest absolute Gasteiger partial charge is 0.270 e. The number of nitrogens with one attached hydrogen (secondary N) is 2. The molecular formula is C28H20N6O8. The zero-order valence-electron chi connectivity index (χ0n) is 22.0. The average molecular weight is 569 g/mol. The second-order valence-corrected chi connectivity index (χ2v) is 8.79. The molecule has 0 fully saturated rings. The number of anilines is 2. The van der Waals surface area contributed by atoms with Gasteiger partial charge in [-0.1, -0.05) is 12.1 Å². The zero-order chi connectivity index (χ0) is 30.0. The number of benzene rings is 4. The van der Waals surface area contributed by atoms with Crippen molar-refractivity contribution in [2.24, 2.45) is 0 Å². The summed E-state index contributed by atoms with van der Waals surface area (Å²) in [6.45, 7) is 0. The van der Waals surface area contributed by atoms with Crippen molar-refractivity contribution in [3.8, 4) is 11.5 Å². The van der Waals surface area contributed by atoms with E-state index in [0.29, 0.717) is 22.1 Å². The summed E-state index contributed by atoms with van der Waals surface area (Å²) in [6.07, 6.45) is 0. The Hall–Kier alpha value is -6.18. The summed E-state index contributed by atoms with van der Waals surface area (Å²) >= 11 is 0. The van der Waals surface area contributed by atoms with Gasteiger partial charge in [-0.2, -0.15) is 0 Å². The highest BCUT2D eigenvalue weighted by molar-refractivity contribution is 6.13. The van der Waals surface area contributed by atoms with Crippen molar-refractivity contribution in [2.45, 2.75) is 0 Å². The van der Waals surface area contributed by atoms with Crippen LogP contribution in [0.3, 0.4) is 0 Å². The van der Waals surface area contributed by atoms with E-state index in [-0.39, 0.29) is 45.4 Å². The van der Waals surface area contributed by atoms with Gasteiger partial charge in [0.2, 0.25) is 0 Å². The summed E-state index contributed by atoms with van der Waals surface area (Å²) in [6, 6.07) is 17.2. The number of aromatic nitrogens is 2. The predicted octanol–water partition coefficient (Wildman–Crippen LogP) is 5.12. The molecule has 0 atom stereocenters. The number of carbonyl (C=O) groups is 2. The first-order valence-electron chi connectivity index (χ1n) is 12.2. The van der Waals surface area contributed by atoms with Crippen molar-refractivity contribution < 1.29 is 28.9 Å². The van der Waals surface area contributed by atoms with Gasteiger partial charge >= 0.3 is 0 Å². The number of amides is 2. The molecule has 0 aliphatic carbocycles. The SMILES string of the molecule is COc1ccc([N+](=O)[O-])cc1C(=O)Nc1cc2nc3ccccc3nc2cc1NC(=O)c1cc([N+](=O)[O-])ccc1OC. The molecule has 0 spiro atoms. The van der Waals surface area contributed by atoms with Gasteiger partial charge in [0.15, 0.2) is 0 Å². The first-order valence-corrected chi connectivity index (χ1v) is 12.2. The maximum absolute atomic E-state index is 13.4. The van der Waals surface area contributed by atoms with Gasteiger partial charge in [-0.25, -0.2) is 9.97 Å². The Morgan fingerprint density at radius 1 is 0.643 bits per heavy atom. The molecule has 0 saturated heterocycles. The molecule has 0 radical (unpaired) electrons. The Labute approximate surface area is 236 Å². The van der Waals surface area contributed by atoms with E-state index >= 15 is 0 Å². The Morgan fingerprint density at radius 3 is 1.40 bits per heavy atom. The normalized spacial score (nSPS) is 10.7. The summed E-state index contributed by atoms with van der Waals surface area (Å²) in [7, 11) is 2.62. The monoisotopic (exact) mass is 568 g/mol. The third-order valence-corrected chi connectivity index (χ3v) is 6.25. The Morgan fingerprint density at radius 2 is 1.05 bits per heavy atom. The molecular weight excluding hydrogens is 548 g/mol. The van der Waals surface area contributed by atoms with Gasteiger partial charge in [-0.3, -0.25) is 29.8 Å². The van der Waals surface area contributed by atoms with Crippen molar-refractivity contribution in [1.29, 1.82) is 0 Å². The van der Waals surface area contributed by atoms with E-state index in [2.05, 4.69) is 20.6 Å². The number of nitrogens with zero attached hydrogens (tertiary/aromatic N) is 4. The third kappa shape index (κ3) is 5.31. The van der Waals surface area contributed by atoms with Crippen LogP contribution in [-0.2, 0) is 0 Å². The maximum atomic E-state index is 13.4. The number of rotatable bonds is 8. The van der Waals surface area contributed by atoms with Gasteiger partial charge in [0.05, 0.1) is 68.6 Å². The van der Waals surface area contributed by atoms with Crippen LogP contribution in [0.15, 0.2) is 72.8 Å². The molecule has 2 N–H and O–H groups in total. The lowest BCUT2D eigenvalue weighted by molar-refractivity contribution is -0.385. The van der Waals surface area contributed by atoms with Crippen molar-refractivity contribution >= 4 is 56.6 Å². The molecule has 0 bridgehead atoms. The molecule has 14 heteroatoms. The van der Waals surface area contributed by atoms with E-state index in [1.54, 1.807) is 24.3 Å². The number of nitro benzene ring substituents is 2. The lowest BCUT2D eigenvalue weighted by atomic mass is 10.1. The number of fused-ring (bicyclic) bond motifs is 2. The van der Waals surface area contributed by atoms with Gasteiger partial charge in [-0.15, -0.1) is 0 Å². The highest BCUT2D eigenvalue weighted by Gasteiger charge is 2.22. The summed E-state index contributed by atoms with van der Waals surface area (Å²) in [5.74, 6) is -1.38. The maximum Gasteiger partial charge on any atom is 0.270 e. The molecule has 5 rings (SSSR count). The third-order valence-electron chi connectivity index (χ3n) is 6.25. The predicted molar refractivity (Wildman–Crippen MR) is 152 cm³/mol. The highest BCUT2D eigenvalue weighted by Crippen LogP contribution is 2.32. The number of carbonyl (C=O) groups excluding carboxylic acids is 2.